The average molecular weight is 295 g/mol. The molecule has 0 saturated carbocycles. The summed E-state index contributed by atoms with van der Waals surface area (Å²) in [5.74, 6) is -2.10. The van der Waals surface area contributed by atoms with Crippen LogP contribution in [0.1, 0.15) is 31.7 Å². The fraction of sp³-hybridized carbons (Fsp3) is 0.400. The predicted molar refractivity (Wildman–Crippen MR) is 74.2 cm³/mol. The zero-order valence-corrected chi connectivity index (χ0v) is 11.8. The summed E-state index contributed by atoms with van der Waals surface area (Å²) in [6, 6.07) is 4.30. The van der Waals surface area contributed by atoms with Crippen molar-refractivity contribution in [2.45, 2.75) is 38.6 Å². The van der Waals surface area contributed by atoms with E-state index >= 15 is 0 Å². The Morgan fingerprint density at radius 3 is 2.38 bits per heavy atom. The third kappa shape index (κ3) is 6.16. The maximum Gasteiger partial charge on any atom is 0.326 e. The minimum Gasteiger partial charge on any atom is -0.480 e. The van der Waals surface area contributed by atoms with Crippen LogP contribution in [0.25, 0.3) is 0 Å². The van der Waals surface area contributed by atoms with Crippen LogP contribution in [0.5, 0.6) is 0 Å². The molecule has 0 aliphatic rings. The fourth-order valence-electron chi connectivity index (χ4n) is 1.77. The molecule has 2 N–H and O–H groups in total. The molecule has 0 aromatic heterocycles. The Kier molecular flexibility index (Phi) is 6.52. The number of rotatable bonds is 8. The van der Waals surface area contributed by atoms with Crippen LogP contribution in [0.4, 0.5) is 4.39 Å². The lowest BCUT2D eigenvalue weighted by Crippen LogP contribution is -2.41. The number of carboxylic acid groups (broad SMARTS) is 1. The number of Topliss-reactive ketones (excluding diaryl/α,β-unsaturated/α-hetero) is 1. The maximum absolute atomic E-state index is 12.7. The number of carbonyl (C=O) groups excluding carboxylic acids is 2. The number of hydrogen-bond acceptors (Lipinski definition) is 3. The van der Waals surface area contributed by atoms with Crippen molar-refractivity contribution in [2.75, 3.05) is 0 Å². The van der Waals surface area contributed by atoms with Gasteiger partial charge in [-0.3, -0.25) is 9.59 Å². The molecule has 6 heteroatoms. The number of carbonyl (C=O) groups is 3. The van der Waals surface area contributed by atoms with Crippen LogP contribution in [0.3, 0.4) is 0 Å². The third-order valence-corrected chi connectivity index (χ3v) is 3.02. The molecule has 1 aromatic carbocycles. The number of hydrogen-bond donors (Lipinski definition) is 2. The Balaban J connectivity index is 2.54. The van der Waals surface area contributed by atoms with Gasteiger partial charge in [0.15, 0.2) is 0 Å². The molecule has 1 aromatic rings. The molecule has 0 aliphatic heterocycles. The average Bonchev–Trinajstić information content (AvgIpc) is 2.45. The van der Waals surface area contributed by atoms with Crippen molar-refractivity contribution < 1.29 is 23.9 Å². The summed E-state index contributed by atoms with van der Waals surface area (Å²) in [4.78, 5) is 34.0. The monoisotopic (exact) mass is 295 g/mol. The van der Waals surface area contributed by atoms with Crippen molar-refractivity contribution in [3.8, 4) is 0 Å². The third-order valence-electron chi connectivity index (χ3n) is 3.02. The predicted octanol–water partition coefficient (Wildman–Crippen LogP) is 1.70. The number of ketones is 1. The van der Waals surface area contributed by atoms with E-state index in [0.717, 1.165) is 0 Å². The van der Waals surface area contributed by atoms with Gasteiger partial charge >= 0.3 is 5.97 Å². The standard InChI is InChI=1S/C15H18FNO4/c1-2-12(18)7-8-13(15(20)21)17-14(19)9-10-3-5-11(16)6-4-10/h3-6,13H,2,7-9H2,1H3,(H,17,19)(H,20,21)/t13-/m0/s1. The van der Waals surface area contributed by atoms with Gasteiger partial charge in [-0.2, -0.15) is 0 Å². The number of nitrogens with one attached hydrogen (secondary N) is 1. The molecule has 21 heavy (non-hydrogen) atoms. The molecule has 0 bridgehead atoms. The van der Waals surface area contributed by atoms with Gasteiger partial charge in [-0.25, -0.2) is 9.18 Å². The fourth-order valence-corrected chi connectivity index (χ4v) is 1.77. The van der Waals surface area contributed by atoms with Crippen LogP contribution < -0.4 is 5.32 Å². The summed E-state index contributed by atoms with van der Waals surface area (Å²) in [7, 11) is 0. The second-order valence-electron chi connectivity index (χ2n) is 4.69. The first-order chi connectivity index (χ1) is 9.92. The zero-order valence-electron chi connectivity index (χ0n) is 11.8. The Labute approximate surface area is 122 Å². The topological polar surface area (TPSA) is 83.5 Å². The van der Waals surface area contributed by atoms with E-state index in [4.69, 9.17) is 5.11 Å². The highest BCUT2D eigenvalue weighted by Crippen LogP contribution is 2.05. The van der Waals surface area contributed by atoms with Gasteiger partial charge in [0.2, 0.25) is 5.91 Å². The van der Waals surface area contributed by atoms with Gasteiger partial charge in [-0.1, -0.05) is 19.1 Å². The summed E-state index contributed by atoms with van der Waals surface area (Å²) in [6.07, 6.45) is 0.489. The highest BCUT2D eigenvalue weighted by Gasteiger charge is 2.20. The van der Waals surface area contributed by atoms with Crippen LogP contribution in [0.2, 0.25) is 0 Å². The molecule has 114 valence electrons. The van der Waals surface area contributed by atoms with Crippen LogP contribution in [-0.2, 0) is 20.8 Å². The maximum atomic E-state index is 12.7. The Bertz CT molecular complexity index is 513. The van der Waals surface area contributed by atoms with Crippen LogP contribution in [0.15, 0.2) is 24.3 Å². The Hall–Kier alpha value is -2.24. The summed E-state index contributed by atoms with van der Waals surface area (Å²) >= 11 is 0. The normalized spacial score (nSPS) is 11.7. The lowest BCUT2D eigenvalue weighted by molar-refractivity contribution is -0.142. The van der Waals surface area contributed by atoms with E-state index in [9.17, 15) is 18.8 Å². The first-order valence-corrected chi connectivity index (χ1v) is 6.70. The molecule has 0 heterocycles. The Morgan fingerprint density at radius 2 is 1.86 bits per heavy atom. The number of benzene rings is 1. The van der Waals surface area contributed by atoms with Crippen LogP contribution >= 0.6 is 0 Å². The smallest absolute Gasteiger partial charge is 0.326 e. The molecule has 1 atom stereocenters. The van der Waals surface area contributed by atoms with Crippen molar-refractivity contribution >= 4 is 17.7 Å². The first kappa shape index (κ1) is 16.8. The molecule has 0 radical (unpaired) electrons. The lowest BCUT2D eigenvalue weighted by Gasteiger charge is -2.14. The Morgan fingerprint density at radius 1 is 1.24 bits per heavy atom. The lowest BCUT2D eigenvalue weighted by atomic mass is 10.1. The molecule has 1 rings (SSSR count). The van der Waals surface area contributed by atoms with E-state index in [0.29, 0.717) is 12.0 Å². The second kappa shape index (κ2) is 8.14. The second-order valence-corrected chi connectivity index (χ2v) is 4.69. The molecular formula is C15H18FNO4. The minimum atomic E-state index is -1.17. The van der Waals surface area contributed by atoms with E-state index in [1.807, 2.05) is 0 Å². The van der Waals surface area contributed by atoms with Gasteiger partial charge in [-0.05, 0) is 24.1 Å². The highest BCUT2D eigenvalue weighted by atomic mass is 19.1. The number of aliphatic carboxylic acids is 1. The van der Waals surface area contributed by atoms with Gasteiger partial charge in [0.25, 0.3) is 0 Å². The summed E-state index contributed by atoms with van der Waals surface area (Å²) in [5, 5.41) is 11.4. The molecule has 0 spiro atoms. The van der Waals surface area contributed by atoms with E-state index < -0.39 is 23.7 Å². The van der Waals surface area contributed by atoms with Gasteiger partial charge in [0.05, 0.1) is 6.42 Å². The van der Waals surface area contributed by atoms with Crippen LogP contribution in [0, 0.1) is 5.82 Å². The van der Waals surface area contributed by atoms with Gasteiger partial charge in [0, 0.05) is 12.8 Å². The number of halogens is 1. The van der Waals surface area contributed by atoms with E-state index in [1.54, 1.807) is 6.92 Å². The van der Waals surface area contributed by atoms with Gasteiger partial charge < -0.3 is 10.4 Å². The minimum absolute atomic E-state index is 0.0359. The van der Waals surface area contributed by atoms with E-state index in [1.165, 1.54) is 24.3 Å². The van der Waals surface area contributed by atoms with Crippen molar-refractivity contribution in [3.05, 3.63) is 35.6 Å². The van der Waals surface area contributed by atoms with Gasteiger partial charge in [-0.15, -0.1) is 0 Å². The van der Waals surface area contributed by atoms with Crippen molar-refractivity contribution in [1.29, 1.82) is 0 Å². The molecule has 0 fully saturated rings. The quantitative estimate of drug-likeness (QED) is 0.764. The molecule has 0 saturated heterocycles. The number of carboxylic acids is 1. The van der Waals surface area contributed by atoms with E-state index in [-0.39, 0.29) is 25.0 Å². The van der Waals surface area contributed by atoms with Gasteiger partial charge in [0.1, 0.15) is 17.6 Å². The highest BCUT2D eigenvalue weighted by molar-refractivity contribution is 5.85. The first-order valence-electron chi connectivity index (χ1n) is 6.70. The van der Waals surface area contributed by atoms with E-state index in [2.05, 4.69) is 5.32 Å². The summed E-state index contributed by atoms with van der Waals surface area (Å²) < 4.78 is 12.7. The SMILES string of the molecule is CCC(=O)CC[C@H](NC(=O)Cc1ccc(F)cc1)C(=O)O. The molecular weight excluding hydrogens is 277 g/mol. The molecule has 0 aliphatic carbocycles. The van der Waals surface area contributed by atoms with Crippen molar-refractivity contribution in [2.24, 2.45) is 0 Å². The summed E-state index contributed by atoms with van der Waals surface area (Å²) in [6.45, 7) is 1.70. The molecule has 5 nitrogen and oxygen atoms in total. The van der Waals surface area contributed by atoms with Crippen molar-refractivity contribution in [1.82, 2.24) is 5.32 Å². The zero-order chi connectivity index (χ0) is 15.8. The molecule has 0 unspecified atom stereocenters. The molecule has 1 amide bonds. The van der Waals surface area contributed by atoms with Crippen LogP contribution in [-0.4, -0.2) is 28.8 Å². The summed E-state index contributed by atoms with van der Waals surface area (Å²) in [5.41, 5.74) is 0.586. The van der Waals surface area contributed by atoms with Crippen molar-refractivity contribution in [3.63, 3.8) is 0 Å². The number of amides is 1. The largest absolute Gasteiger partial charge is 0.480 e.